The fourth-order valence-corrected chi connectivity index (χ4v) is 3.93. The summed E-state index contributed by atoms with van der Waals surface area (Å²) >= 11 is 1.54. The van der Waals surface area contributed by atoms with Gasteiger partial charge in [0.2, 0.25) is 0 Å². The number of aromatic nitrogens is 2. The minimum absolute atomic E-state index is 0.0290. The lowest BCUT2D eigenvalue weighted by molar-refractivity contribution is 0.0583. The quantitative estimate of drug-likeness (QED) is 0.722. The Morgan fingerprint density at radius 1 is 1.28 bits per heavy atom. The van der Waals surface area contributed by atoms with Gasteiger partial charge in [-0.25, -0.2) is 4.98 Å². The lowest BCUT2D eigenvalue weighted by atomic mass is 10.0. The van der Waals surface area contributed by atoms with Crippen LogP contribution in [-0.4, -0.2) is 27.5 Å². The molecule has 0 saturated carbocycles. The molecule has 4 rings (SSSR count). The third-order valence-corrected chi connectivity index (χ3v) is 5.39. The van der Waals surface area contributed by atoms with Gasteiger partial charge in [-0.1, -0.05) is 12.1 Å². The van der Waals surface area contributed by atoms with E-state index in [1.54, 1.807) is 7.11 Å². The maximum atomic E-state index is 13.1. The topological polar surface area (TPSA) is 47.4 Å². The van der Waals surface area contributed by atoms with E-state index in [0.717, 1.165) is 28.4 Å². The highest BCUT2D eigenvalue weighted by Gasteiger charge is 2.33. The molecule has 1 aliphatic heterocycles. The maximum absolute atomic E-state index is 13.1. The predicted octanol–water partition coefficient (Wildman–Crippen LogP) is 3.66. The van der Waals surface area contributed by atoms with Gasteiger partial charge in [-0.15, -0.1) is 0 Å². The van der Waals surface area contributed by atoms with Crippen molar-refractivity contribution in [1.29, 1.82) is 0 Å². The fourth-order valence-electron chi connectivity index (χ4n) is 3.30. The lowest BCUT2D eigenvalue weighted by Crippen LogP contribution is -2.41. The third kappa shape index (κ3) is 2.82. The second kappa shape index (κ2) is 6.37. The number of rotatable bonds is 3. The average molecular weight is 353 g/mol. The number of imidazole rings is 1. The highest BCUT2D eigenvalue weighted by atomic mass is 32.1. The van der Waals surface area contributed by atoms with Crippen molar-refractivity contribution in [3.63, 3.8) is 0 Å². The minimum atomic E-state index is -0.0290. The molecular weight excluding hydrogens is 334 g/mol. The van der Waals surface area contributed by atoms with E-state index in [2.05, 4.69) is 16.5 Å². The van der Waals surface area contributed by atoms with E-state index in [-0.39, 0.29) is 11.9 Å². The molecule has 1 aromatic carbocycles. The number of methoxy groups -OCH3 is 1. The first kappa shape index (κ1) is 15.9. The van der Waals surface area contributed by atoms with Crippen molar-refractivity contribution in [1.82, 2.24) is 14.5 Å². The SMILES string of the molecule is COc1ccc([C@@H]2Cn3c(C)cnc3CN2C(=O)c2ccsc2)cc1. The van der Waals surface area contributed by atoms with Crippen LogP contribution in [0.4, 0.5) is 0 Å². The zero-order valence-electron chi connectivity index (χ0n) is 14.2. The van der Waals surface area contributed by atoms with Gasteiger partial charge in [-0.05, 0) is 36.1 Å². The predicted molar refractivity (Wildman–Crippen MR) is 96.9 cm³/mol. The number of ether oxygens (including phenoxy) is 1. The van der Waals surface area contributed by atoms with Crippen molar-refractivity contribution in [2.24, 2.45) is 0 Å². The number of amides is 1. The number of benzene rings is 1. The Balaban J connectivity index is 1.74. The molecule has 6 heteroatoms. The van der Waals surface area contributed by atoms with Crippen molar-refractivity contribution >= 4 is 17.2 Å². The van der Waals surface area contributed by atoms with Gasteiger partial charge in [0.25, 0.3) is 5.91 Å². The summed E-state index contributed by atoms with van der Waals surface area (Å²) in [6.07, 6.45) is 1.87. The first-order valence-corrected chi connectivity index (χ1v) is 9.10. The molecule has 0 radical (unpaired) electrons. The summed E-state index contributed by atoms with van der Waals surface area (Å²) in [6.45, 7) is 3.28. The molecule has 0 aliphatic carbocycles. The molecule has 0 unspecified atom stereocenters. The van der Waals surface area contributed by atoms with Gasteiger partial charge in [0.05, 0.1) is 25.3 Å². The highest BCUT2D eigenvalue weighted by molar-refractivity contribution is 7.08. The van der Waals surface area contributed by atoms with E-state index in [1.165, 1.54) is 11.3 Å². The standard InChI is InChI=1S/C19H19N3O2S/c1-13-9-20-18-11-22(19(23)15-7-8-25-12-15)17(10-21(13)18)14-3-5-16(24-2)6-4-14/h3-9,12,17H,10-11H2,1-2H3/t17-/m0/s1. The fraction of sp³-hybridized carbons (Fsp3) is 0.263. The molecule has 3 aromatic rings. The molecule has 0 spiro atoms. The Kier molecular flexibility index (Phi) is 4.05. The number of hydrogen-bond donors (Lipinski definition) is 0. The maximum Gasteiger partial charge on any atom is 0.255 e. The molecule has 1 atom stereocenters. The van der Waals surface area contributed by atoms with E-state index in [4.69, 9.17) is 4.74 Å². The van der Waals surface area contributed by atoms with Crippen molar-refractivity contribution in [2.75, 3.05) is 7.11 Å². The van der Waals surface area contributed by atoms with Gasteiger partial charge in [0.1, 0.15) is 11.6 Å². The Morgan fingerprint density at radius 2 is 2.08 bits per heavy atom. The summed E-state index contributed by atoms with van der Waals surface area (Å²) in [7, 11) is 1.66. The molecule has 1 aliphatic rings. The van der Waals surface area contributed by atoms with Crippen LogP contribution in [0, 0.1) is 6.92 Å². The Morgan fingerprint density at radius 3 is 2.76 bits per heavy atom. The van der Waals surface area contributed by atoms with Crippen LogP contribution in [0.1, 0.15) is 33.5 Å². The van der Waals surface area contributed by atoms with Crippen LogP contribution in [0.2, 0.25) is 0 Å². The Bertz CT molecular complexity index is 884. The molecule has 0 saturated heterocycles. The first-order valence-electron chi connectivity index (χ1n) is 8.15. The first-order chi connectivity index (χ1) is 12.2. The monoisotopic (exact) mass is 353 g/mol. The van der Waals surface area contributed by atoms with Crippen molar-refractivity contribution in [2.45, 2.75) is 26.1 Å². The second-order valence-corrected chi connectivity index (χ2v) is 6.94. The van der Waals surface area contributed by atoms with E-state index < -0.39 is 0 Å². The zero-order valence-corrected chi connectivity index (χ0v) is 15.0. The Labute approximate surface area is 150 Å². The van der Waals surface area contributed by atoms with Crippen LogP contribution in [0.3, 0.4) is 0 Å². The molecule has 25 heavy (non-hydrogen) atoms. The molecule has 0 bridgehead atoms. The molecule has 1 amide bonds. The normalized spacial score (nSPS) is 16.6. The number of thiophene rings is 1. The van der Waals surface area contributed by atoms with Crippen LogP contribution < -0.4 is 4.74 Å². The van der Waals surface area contributed by atoms with E-state index in [0.29, 0.717) is 13.1 Å². The van der Waals surface area contributed by atoms with Crippen molar-refractivity contribution in [3.8, 4) is 5.75 Å². The third-order valence-electron chi connectivity index (χ3n) is 4.71. The highest BCUT2D eigenvalue weighted by Crippen LogP contribution is 2.32. The minimum Gasteiger partial charge on any atom is -0.497 e. The largest absolute Gasteiger partial charge is 0.497 e. The van der Waals surface area contributed by atoms with Crippen LogP contribution in [0.5, 0.6) is 5.75 Å². The molecular formula is C19H19N3O2S. The van der Waals surface area contributed by atoms with Crippen LogP contribution >= 0.6 is 11.3 Å². The van der Waals surface area contributed by atoms with Gasteiger partial charge in [-0.2, -0.15) is 11.3 Å². The summed E-state index contributed by atoms with van der Waals surface area (Å²) in [5, 5.41) is 3.84. The number of hydrogen-bond acceptors (Lipinski definition) is 4. The number of carbonyl (C=O) groups is 1. The zero-order chi connectivity index (χ0) is 17.4. The van der Waals surface area contributed by atoms with Crippen LogP contribution in [0.15, 0.2) is 47.3 Å². The Hall–Kier alpha value is -2.60. The van der Waals surface area contributed by atoms with Crippen LogP contribution in [-0.2, 0) is 13.1 Å². The van der Waals surface area contributed by atoms with Crippen molar-refractivity contribution < 1.29 is 9.53 Å². The molecule has 0 N–H and O–H groups in total. The number of aryl methyl sites for hydroxylation is 1. The van der Waals surface area contributed by atoms with Crippen LogP contribution in [0.25, 0.3) is 0 Å². The van der Waals surface area contributed by atoms with Gasteiger partial charge in [0, 0.05) is 23.8 Å². The average Bonchev–Trinajstić information content (AvgIpc) is 3.31. The summed E-state index contributed by atoms with van der Waals surface area (Å²) in [6, 6.07) is 9.81. The van der Waals surface area contributed by atoms with Gasteiger partial charge < -0.3 is 14.2 Å². The molecule has 2 aromatic heterocycles. The molecule has 3 heterocycles. The summed E-state index contributed by atoms with van der Waals surface area (Å²) < 4.78 is 7.46. The van der Waals surface area contributed by atoms with E-state index in [9.17, 15) is 4.79 Å². The lowest BCUT2D eigenvalue weighted by Gasteiger charge is -2.37. The van der Waals surface area contributed by atoms with Crippen molar-refractivity contribution in [3.05, 3.63) is 69.9 Å². The summed E-state index contributed by atoms with van der Waals surface area (Å²) in [4.78, 5) is 19.5. The number of nitrogens with zero attached hydrogens (tertiary/aromatic N) is 3. The van der Waals surface area contributed by atoms with Gasteiger partial charge in [0.15, 0.2) is 0 Å². The number of carbonyl (C=O) groups excluding carboxylic acids is 1. The smallest absolute Gasteiger partial charge is 0.255 e. The molecule has 5 nitrogen and oxygen atoms in total. The summed E-state index contributed by atoms with van der Waals surface area (Å²) in [5.41, 5.74) is 2.96. The number of fused-ring (bicyclic) bond motifs is 1. The van der Waals surface area contributed by atoms with Gasteiger partial charge in [-0.3, -0.25) is 4.79 Å². The van der Waals surface area contributed by atoms with E-state index in [1.807, 2.05) is 52.2 Å². The molecule has 0 fully saturated rings. The summed E-state index contributed by atoms with van der Waals surface area (Å²) in [5.74, 6) is 1.80. The second-order valence-electron chi connectivity index (χ2n) is 6.16. The van der Waals surface area contributed by atoms with E-state index >= 15 is 0 Å². The van der Waals surface area contributed by atoms with Gasteiger partial charge >= 0.3 is 0 Å². The molecule has 128 valence electrons.